The van der Waals surface area contributed by atoms with Gasteiger partial charge in [-0.25, -0.2) is 9.59 Å². The zero-order valence-corrected chi connectivity index (χ0v) is 11.4. The minimum absolute atomic E-state index is 0.0272. The van der Waals surface area contributed by atoms with Crippen molar-refractivity contribution in [2.24, 2.45) is 5.41 Å². The van der Waals surface area contributed by atoms with Crippen LogP contribution in [0.2, 0.25) is 0 Å². The summed E-state index contributed by atoms with van der Waals surface area (Å²) in [6.07, 6.45) is 0.789. The Labute approximate surface area is 107 Å². The largest absolute Gasteiger partial charge is 0.480 e. The minimum Gasteiger partial charge on any atom is -0.480 e. The molecule has 0 aliphatic carbocycles. The van der Waals surface area contributed by atoms with Crippen LogP contribution in [0.5, 0.6) is 0 Å². The quantitative estimate of drug-likeness (QED) is 0.789. The number of aliphatic carboxylic acids is 1. The Balaban J connectivity index is 2.63. The van der Waals surface area contributed by atoms with Gasteiger partial charge in [-0.1, -0.05) is 20.8 Å². The number of carbonyl (C=O) groups excluding carboxylic acids is 1. The Hall–Kier alpha value is -1.30. The second-order valence-electron chi connectivity index (χ2n) is 5.72. The number of urea groups is 1. The van der Waals surface area contributed by atoms with E-state index in [0.717, 1.165) is 6.42 Å². The lowest BCUT2D eigenvalue weighted by molar-refractivity contribution is -0.142. The van der Waals surface area contributed by atoms with Gasteiger partial charge in [-0.15, -0.1) is 0 Å². The summed E-state index contributed by atoms with van der Waals surface area (Å²) in [5.74, 6) is -1.02. The van der Waals surface area contributed by atoms with Crippen molar-refractivity contribution in [3.8, 4) is 0 Å². The third kappa shape index (κ3) is 3.60. The van der Waals surface area contributed by atoms with Gasteiger partial charge in [-0.05, 0) is 11.8 Å². The first kappa shape index (κ1) is 14.8. The van der Waals surface area contributed by atoms with Gasteiger partial charge in [0.2, 0.25) is 0 Å². The number of carboxylic acids is 1. The molecule has 0 radical (unpaired) electrons. The highest BCUT2D eigenvalue weighted by Crippen LogP contribution is 2.20. The molecule has 104 valence electrons. The van der Waals surface area contributed by atoms with Gasteiger partial charge in [0, 0.05) is 13.7 Å². The molecule has 1 rings (SSSR count). The Bertz CT molecular complexity index is 319. The molecule has 0 aromatic heterocycles. The highest BCUT2D eigenvalue weighted by molar-refractivity contribution is 5.83. The Kier molecular flexibility index (Phi) is 4.56. The zero-order chi connectivity index (χ0) is 13.9. The molecule has 0 spiro atoms. The van der Waals surface area contributed by atoms with E-state index in [-0.39, 0.29) is 12.1 Å². The topological polar surface area (TPSA) is 78.9 Å². The maximum atomic E-state index is 12.0. The summed E-state index contributed by atoms with van der Waals surface area (Å²) in [6.45, 7) is 6.50. The number of carboxylic acid groups (broad SMARTS) is 1. The van der Waals surface area contributed by atoms with Gasteiger partial charge in [0.05, 0.1) is 12.6 Å². The third-order valence-electron chi connectivity index (χ3n) is 3.15. The van der Waals surface area contributed by atoms with Crippen LogP contribution in [0, 0.1) is 5.41 Å². The van der Waals surface area contributed by atoms with Gasteiger partial charge < -0.3 is 20.1 Å². The molecule has 1 aliphatic rings. The molecule has 1 saturated heterocycles. The Morgan fingerprint density at radius 1 is 1.44 bits per heavy atom. The third-order valence-corrected chi connectivity index (χ3v) is 3.15. The number of nitrogens with zero attached hydrogens (tertiary/aromatic N) is 1. The lowest BCUT2D eigenvalue weighted by Crippen LogP contribution is -2.54. The molecular weight excluding hydrogens is 236 g/mol. The number of rotatable bonds is 3. The van der Waals surface area contributed by atoms with Crippen LogP contribution in [-0.2, 0) is 9.53 Å². The summed E-state index contributed by atoms with van der Waals surface area (Å²) < 4.78 is 5.21. The van der Waals surface area contributed by atoms with Gasteiger partial charge in [-0.3, -0.25) is 0 Å². The molecule has 2 amide bonds. The molecule has 6 heteroatoms. The van der Waals surface area contributed by atoms with Crippen molar-refractivity contribution in [2.75, 3.05) is 20.3 Å². The van der Waals surface area contributed by atoms with E-state index in [1.54, 1.807) is 27.8 Å². The fourth-order valence-electron chi connectivity index (χ4n) is 1.87. The molecular formula is C12H22N2O4. The van der Waals surface area contributed by atoms with E-state index in [2.05, 4.69) is 5.32 Å². The fourth-order valence-corrected chi connectivity index (χ4v) is 1.87. The van der Waals surface area contributed by atoms with Crippen molar-refractivity contribution in [3.05, 3.63) is 0 Å². The lowest BCUT2D eigenvalue weighted by Gasteiger charge is -2.31. The summed E-state index contributed by atoms with van der Waals surface area (Å²) in [5.41, 5.74) is -0.533. The summed E-state index contributed by atoms with van der Waals surface area (Å²) in [5, 5.41) is 11.7. The first-order chi connectivity index (χ1) is 8.23. The van der Waals surface area contributed by atoms with E-state index in [4.69, 9.17) is 9.84 Å². The second-order valence-corrected chi connectivity index (χ2v) is 5.72. The van der Waals surface area contributed by atoms with Gasteiger partial charge in [-0.2, -0.15) is 0 Å². The maximum absolute atomic E-state index is 12.0. The number of hydrogen-bond donors (Lipinski definition) is 2. The average molecular weight is 258 g/mol. The molecule has 0 saturated carbocycles. The van der Waals surface area contributed by atoms with E-state index >= 15 is 0 Å². The van der Waals surface area contributed by atoms with E-state index < -0.39 is 17.4 Å². The molecule has 1 unspecified atom stereocenters. The first-order valence-corrected chi connectivity index (χ1v) is 6.07. The van der Waals surface area contributed by atoms with E-state index in [0.29, 0.717) is 13.2 Å². The van der Waals surface area contributed by atoms with E-state index in [1.807, 2.05) is 0 Å². The van der Waals surface area contributed by atoms with Crippen LogP contribution >= 0.6 is 0 Å². The molecule has 18 heavy (non-hydrogen) atoms. The number of nitrogens with one attached hydrogen (secondary N) is 1. The summed E-state index contributed by atoms with van der Waals surface area (Å²) in [4.78, 5) is 24.7. The normalized spacial score (nSPS) is 21.4. The van der Waals surface area contributed by atoms with E-state index in [1.165, 1.54) is 4.90 Å². The van der Waals surface area contributed by atoms with Gasteiger partial charge in [0.25, 0.3) is 0 Å². The molecule has 0 bridgehead atoms. The van der Waals surface area contributed by atoms with Crippen LogP contribution < -0.4 is 5.32 Å². The van der Waals surface area contributed by atoms with Crippen LogP contribution in [0.4, 0.5) is 4.79 Å². The van der Waals surface area contributed by atoms with Crippen LogP contribution in [0.25, 0.3) is 0 Å². The molecule has 1 fully saturated rings. The fraction of sp³-hybridized carbons (Fsp3) is 0.833. The van der Waals surface area contributed by atoms with Gasteiger partial charge in [0.1, 0.15) is 6.04 Å². The number of likely N-dealkylation sites (N-methyl/N-ethyl adjacent to an activating group) is 1. The SMILES string of the molecule is CN(C(=O)N[C@H](C(=O)O)C(C)(C)C)C1CCOC1. The minimum atomic E-state index is -1.02. The predicted molar refractivity (Wildman–Crippen MR) is 66.4 cm³/mol. The van der Waals surface area contributed by atoms with Gasteiger partial charge in [0.15, 0.2) is 0 Å². The highest BCUT2D eigenvalue weighted by atomic mass is 16.5. The summed E-state index contributed by atoms with van der Waals surface area (Å²) >= 11 is 0. The Morgan fingerprint density at radius 3 is 2.44 bits per heavy atom. The summed E-state index contributed by atoms with van der Waals surface area (Å²) in [6, 6.07) is -1.25. The first-order valence-electron chi connectivity index (χ1n) is 6.07. The molecule has 2 atom stereocenters. The average Bonchev–Trinajstić information content (AvgIpc) is 2.75. The monoisotopic (exact) mass is 258 g/mol. The van der Waals surface area contributed by atoms with Crippen molar-refractivity contribution in [3.63, 3.8) is 0 Å². The Morgan fingerprint density at radius 2 is 2.06 bits per heavy atom. The molecule has 1 heterocycles. The second kappa shape index (κ2) is 5.56. The smallest absolute Gasteiger partial charge is 0.326 e. The van der Waals surface area contributed by atoms with Crippen LogP contribution in [-0.4, -0.2) is 54.4 Å². The van der Waals surface area contributed by atoms with Crippen molar-refractivity contribution in [1.82, 2.24) is 10.2 Å². The molecule has 1 aliphatic heterocycles. The number of carbonyl (C=O) groups is 2. The molecule has 0 aromatic rings. The molecule has 0 aromatic carbocycles. The number of hydrogen-bond acceptors (Lipinski definition) is 3. The molecule has 2 N–H and O–H groups in total. The van der Waals surface area contributed by atoms with Crippen LogP contribution in [0.15, 0.2) is 0 Å². The van der Waals surface area contributed by atoms with Crippen molar-refractivity contribution < 1.29 is 19.4 Å². The standard InChI is InChI=1S/C12H22N2O4/c1-12(2,3)9(10(15)16)13-11(17)14(4)8-5-6-18-7-8/h8-9H,5-7H2,1-4H3,(H,13,17)(H,15,16)/t8?,9-/m1/s1. The zero-order valence-electron chi connectivity index (χ0n) is 11.4. The van der Waals surface area contributed by atoms with E-state index in [9.17, 15) is 9.59 Å². The number of amides is 2. The maximum Gasteiger partial charge on any atom is 0.326 e. The van der Waals surface area contributed by atoms with Crippen LogP contribution in [0.3, 0.4) is 0 Å². The van der Waals surface area contributed by atoms with Crippen LogP contribution in [0.1, 0.15) is 27.2 Å². The van der Waals surface area contributed by atoms with Crippen molar-refractivity contribution in [1.29, 1.82) is 0 Å². The number of ether oxygens (including phenoxy) is 1. The summed E-state index contributed by atoms with van der Waals surface area (Å²) in [7, 11) is 1.66. The highest BCUT2D eigenvalue weighted by Gasteiger charge is 2.34. The van der Waals surface area contributed by atoms with Crippen molar-refractivity contribution in [2.45, 2.75) is 39.3 Å². The van der Waals surface area contributed by atoms with Gasteiger partial charge >= 0.3 is 12.0 Å². The lowest BCUT2D eigenvalue weighted by atomic mass is 9.87. The molecule has 6 nitrogen and oxygen atoms in total. The van der Waals surface area contributed by atoms with Crippen molar-refractivity contribution >= 4 is 12.0 Å². The predicted octanol–water partition coefficient (Wildman–Crippen LogP) is 0.916.